The minimum absolute atomic E-state index is 1.07. The van der Waals surface area contributed by atoms with E-state index in [0.29, 0.717) is 0 Å². The molecule has 0 bridgehead atoms. The summed E-state index contributed by atoms with van der Waals surface area (Å²) >= 11 is 13.0. The molecule has 4 aromatic rings. The molecule has 0 atom stereocenters. The Kier molecular flexibility index (Phi) is 17.7. The molecule has 0 N–H and O–H groups in total. The fraction of sp³-hybridized carbons (Fsp3) is 0.632. The number of rotatable bonds is 24. The molecule has 0 radical (unpaired) electrons. The molecule has 0 aromatic carbocycles. The number of hydrogen-bond acceptors (Lipinski definition) is 5. The average molecular weight is 795 g/mol. The van der Waals surface area contributed by atoms with E-state index in [1.165, 1.54) is 173 Å². The highest BCUT2D eigenvalue weighted by atomic mass is 79.9. The van der Waals surface area contributed by atoms with Gasteiger partial charge in [-0.3, -0.25) is 4.98 Å². The first kappa shape index (κ1) is 37.2. The van der Waals surface area contributed by atoms with Crippen LogP contribution in [0.15, 0.2) is 32.1 Å². The minimum atomic E-state index is 1.07. The van der Waals surface area contributed by atoms with Crippen molar-refractivity contribution in [2.24, 2.45) is 0 Å². The molecule has 0 fully saturated rings. The van der Waals surface area contributed by atoms with Crippen LogP contribution in [0.4, 0.5) is 0 Å². The van der Waals surface area contributed by atoms with E-state index in [1.807, 2.05) is 28.9 Å². The zero-order valence-electron chi connectivity index (χ0n) is 27.7. The third kappa shape index (κ3) is 12.1. The molecule has 4 heterocycles. The van der Waals surface area contributed by atoms with E-state index in [1.54, 1.807) is 11.5 Å². The van der Waals surface area contributed by atoms with Crippen LogP contribution in [0.5, 0.6) is 0 Å². The normalized spacial score (nSPS) is 11.7. The van der Waals surface area contributed by atoms with E-state index in [0.717, 1.165) is 18.5 Å². The van der Waals surface area contributed by atoms with Gasteiger partial charge in [0.1, 0.15) is 0 Å². The van der Waals surface area contributed by atoms with Gasteiger partial charge in [-0.1, -0.05) is 129 Å². The number of nitrogens with zero attached hydrogens (tertiary/aromatic N) is 2. The van der Waals surface area contributed by atoms with Gasteiger partial charge in [-0.2, -0.15) is 4.37 Å². The molecular weight excluding hydrogens is 740 g/mol. The van der Waals surface area contributed by atoms with Gasteiger partial charge in [0.15, 0.2) is 0 Å². The van der Waals surface area contributed by atoms with Crippen LogP contribution in [0.1, 0.15) is 153 Å². The van der Waals surface area contributed by atoms with Crippen LogP contribution in [-0.4, -0.2) is 9.36 Å². The largest absolute Gasteiger partial charge is 0.254 e. The maximum absolute atomic E-state index is 5.05. The molecule has 0 unspecified atom stereocenters. The molecule has 0 spiro atoms. The molecule has 4 aromatic heterocycles. The summed E-state index contributed by atoms with van der Waals surface area (Å²) in [6, 6.07) is 4.76. The predicted octanol–water partition coefficient (Wildman–Crippen LogP) is 15.6. The van der Waals surface area contributed by atoms with Gasteiger partial charge in [0.25, 0.3) is 0 Å². The van der Waals surface area contributed by atoms with Crippen LogP contribution < -0.4 is 0 Å². The number of pyridine rings is 1. The quantitative estimate of drug-likeness (QED) is 0.0660. The predicted molar refractivity (Wildman–Crippen MR) is 211 cm³/mol. The number of unbranched alkanes of at least 4 members (excludes halogenated alkanes) is 18. The smallest absolute Gasteiger partial charge is 0.0905 e. The number of hydrogen-bond donors (Lipinski definition) is 0. The van der Waals surface area contributed by atoms with Gasteiger partial charge < -0.3 is 0 Å². The second kappa shape index (κ2) is 21.4. The van der Waals surface area contributed by atoms with E-state index in [2.05, 4.69) is 68.4 Å². The number of halogens is 2. The monoisotopic (exact) mass is 792 g/mol. The SMILES string of the molecule is CCCCCCCCCCCCc1cc(-c2ncc(-c3cc(CCCCCCCCCCCC)c(Br)s3)c3sncc23)sc1Br. The molecule has 0 amide bonds. The Morgan fingerprint density at radius 1 is 0.556 bits per heavy atom. The van der Waals surface area contributed by atoms with Crippen molar-refractivity contribution in [3.05, 3.63) is 43.2 Å². The maximum Gasteiger partial charge on any atom is 0.0905 e. The van der Waals surface area contributed by atoms with E-state index in [-0.39, 0.29) is 0 Å². The Labute approximate surface area is 302 Å². The standard InChI is InChI=1S/C38H54Br2N2S3/c1-3-5-7-9-11-13-15-17-19-21-23-29-25-33(43-37(29)39)31-27-41-35(32-28-42-45-36(31)32)34-26-30(38(40)44-34)24-22-20-18-16-14-12-10-8-6-4-2/h25-28H,3-24H2,1-2H3. The lowest BCUT2D eigenvalue weighted by Gasteiger charge is -2.04. The van der Waals surface area contributed by atoms with Gasteiger partial charge in [0.2, 0.25) is 0 Å². The minimum Gasteiger partial charge on any atom is -0.254 e. The van der Waals surface area contributed by atoms with Crippen LogP contribution >= 0.6 is 66.1 Å². The first-order chi connectivity index (χ1) is 22.1. The molecule has 0 aliphatic rings. The van der Waals surface area contributed by atoms with Crippen molar-refractivity contribution in [3.63, 3.8) is 0 Å². The van der Waals surface area contributed by atoms with Crippen LogP contribution in [0.25, 0.3) is 31.1 Å². The first-order valence-electron chi connectivity index (χ1n) is 17.9. The summed E-state index contributed by atoms with van der Waals surface area (Å²) < 4.78 is 8.41. The van der Waals surface area contributed by atoms with Crippen LogP contribution in [0.2, 0.25) is 0 Å². The van der Waals surface area contributed by atoms with Gasteiger partial charge in [-0.25, -0.2) is 0 Å². The molecule has 4 rings (SSSR count). The van der Waals surface area contributed by atoms with Gasteiger partial charge in [0.05, 0.1) is 29.0 Å². The highest BCUT2D eigenvalue weighted by Crippen LogP contribution is 2.44. The fourth-order valence-corrected chi connectivity index (χ4v) is 10.6. The first-order valence-corrected chi connectivity index (χ1v) is 21.9. The lowest BCUT2D eigenvalue weighted by molar-refractivity contribution is 0.556. The molecule has 45 heavy (non-hydrogen) atoms. The third-order valence-electron chi connectivity index (χ3n) is 9.01. The molecule has 0 saturated carbocycles. The second-order valence-electron chi connectivity index (χ2n) is 12.8. The maximum atomic E-state index is 5.05. The Hall–Kier alpha value is -0.600. The van der Waals surface area contributed by atoms with Crippen molar-refractivity contribution >= 4 is 76.2 Å². The van der Waals surface area contributed by atoms with E-state index in [4.69, 9.17) is 4.98 Å². The lowest BCUT2D eigenvalue weighted by atomic mass is 10.0. The summed E-state index contributed by atoms with van der Waals surface area (Å²) in [5.74, 6) is 0. The molecular formula is C38H54Br2N2S3. The Morgan fingerprint density at radius 3 is 1.51 bits per heavy atom. The van der Waals surface area contributed by atoms with E-state index in [9.17, 15) is 0 Å². The summed E-state index contributed by atoms with van der Waals surface area (Å²) in [7, 11) is 0. The van der Waals surface area contributed by atoms with Crippen LogP contribution in [-0.2, 0) is 12.8 Å². The molecule has 7 heteroatoms. The summed E-state index contributed by atoms with van der Waals surface area (Å²) in [5, 5.41) is 1.18. The highest BCUT2D eigenvalue weighted by molar-refractivity contribution is 9.11. The summed E-state index contributed by atoms with van der Waals surface area (Å²) in [6.07, 6.45) is 33.9. The van der Waals surface area contributed by atoms with Crippen molar-refractivity contribution in [3.8, 4) is 21.0 Å². The van der Waals surface area contributed by atoms with Gasteiger partial charge in [-0.15, -0.1) is 22.7 Å². The van der Waals surface area contributed by atoms with Gasteiger partial charge in [-0.05, 0) is 92.3 Å². The molecule has 248 valence electrons. The zero-order chi connectivity index (χ0) is 31.7. The van der Waals surface area contributed by atoms with Crippen molar-refractivity contribution in [1.29, 1.82) is 0 Å². The topological polar surface area (TPSA) is 25.8 Å². The highest BCUT2D eigenvalue weighted by Gasteiger charge is 2.18. The lowest BCUT2D eigenvalue weighted by Crippen LogP contribution is -1.87. The molecule has 0 aliphatic heterocycles. The molecule has 0 saturated heterocycles. The summed E-state index contributed by atoms with van der Waals surface area (Å²) in [4.78, 5) is 7.59. The molecule has 2 nitrogen and oxygen atoms in total. The van der Waals surface area contributed by atoms with E-state index >= 15 is 0 Å². The Bertz CT molecular complexity index is 1290. The Balaban J connectivity index is 1.27. The third-order valence-corrected chi connectivity index (χ3v) is 13.8. The molecule has 0 aliphatic carbocycles. The van der Waals surface area contributed by atoms with Crippen molar-refractivity contribution in [2.45, 2.75) is 155 Å². The average Bonchev–Trinajstić information content (AvgIpc) is 3.77. The Morgan fingerprint density at radius 2 is 1.00 bits per heavy atom. The van der Waals surface area contributed by atoms with E-state index < -0.39 is 0 Å². The zero-order valence-corrected chi connectivity index (χ0v) is 33.4. The number of fused-ring (bicyclic) bond motifs is 1. The van der Waals surface area contributed by atoms with Crippen LogP contribution in [0.3, 0.4) is 0 Å². The number of aryl methyl sites for hydroxylation is 2. The van der Waals surface area contributed by atoms with Crippen molar-refractivity contribution in [1.82, 2.24) is 9.36 Å². The van der Waals surface area contributed by atoms with Crippen molar-refractivity contribution < 1.29 is 0 Å². The van der Waals surface area contributed by atoms with Gasteiger partial charge in [0, 0.05) is 22.0 Å². The summed E-state index contributed by atoms with van der Waals surface area (Å²) in [5.41, 5.74) is 5.16. The number of aromatic nitrogens is 2. The number of thiophene rings is 2. The second-order valence-corrected chi connectivity index (χ2v) is 18.3. The van der Waals surface area contributed by atoms with Crippen LogP contribution in [0, 0.1) is 0 Å². The van der Waals surface area contributed by atoms with Gasteiger partial charge >= 0.3 is 0 Å². The summed E-state index contributed by atoms with van der Waals surface area (Å²) in [6.45, 7) is 4.58. The van der Waals surface area contributed by atoms with Crippen molar-refractivity contribution in [2.75, 3.05) is 0 Å². The fourth-order valence-electron chi connectivity index (χ4n) is 6.24.